The molecule has 0 bridgehead atoms. The second-order valence-electron chi connectivity index (χ2n) is 6.19. The number of aryl methyl sites for hydroxylation is 2. The van der Waals surface area contributed by atoms with Crippen LogP contribution in [-0.2, 0) is 6.42 Å². The van der Waals surface area contributed by atoms with Crippen molar-refractivity contribution in [2.45, 2.75) is 27.2 Å². The van der Waals surface area contributed by atoms with Gasteiger partial charge in [-0.15, -0.1) is 0 Å². The number of aromatic nitrogens is 2. The smallest absolute Gasteiger partial charge is 0.299 e. The highest BCUT2D eigenvalue weighted by Crippen LogP contribution is 2.31. The number of hydrogen-bond donors (Lipinski definition) is 0. The van der Waals surface area contributed by atoms with E-state index in [1.165, 1.54) is 22.7 Å². The molecule has 0 fully saturated rings. The van der Waals surface area contributed by atoms with Gasteiger partial charge in [-0.3, -0.25) is 0 Å². The molecule has 0 saturated carbocycles. The van der Waals surface area contributed by atoms with Crippen molar-refractivity contribution in [2.75, 3.05) is 20.1 Å². The second-order valence-corrected chi connectivity index (χ2v) is 7.68. The minimum Gasteiger partial charge on any atom is -0.430 e. The summed E-state index contributed by atoms with van der Waals surface area (Å²) in [6.07, 6.45) is 1.05. The van der Waals surface area contributed by atoms with Crippen LogP contribution in [-0.4, -0.2) is 34.4 Å². The maximum atomic E-state index is 6.01. The Morgan fingerprint density at radius 3 is 2.76 bits per heavy atom. The minimum atomic E-state index is 0.585. The van der Waals surface area contributed by atoms with Crippen molar-refractivity contribution >= 4 is 22.9 Å². The Balaban J connectivity index is 1.73. The molecule has 0 unspecified atom stereocenters. The van der Waals surface area contributed by atoms with Gasteiger partial charge in [-0.25, -0.2) is 0 Å². The van der Waals surface area contributed by atoms with Gasteiger partial charge in [0.2, 0.25) is 0 Å². The number of rotatable bonds is 7. The lowest BCUT2D eigenvalue weighted by Gasteiger charge is -2.16. The molecule has 0 spiro atoms. The van der Waals surface area contributed by atoms with Gasteiger partial charge in [-0.1, -0.05) is 13.0 Å². The summed E-state index contributed by atoms with van der Waals surface area (Å²) in [4.78, 5) is 6.82. The lowest BCUT2D eigenvalue weighted by Crippen LogP contribution is -2.20. The van der Waals surface area contributed by atoms with Crippen molar-refractivity contribution in [3.05, 3.63) is 45.6 Å². The fourth-order valence-electron chi connectivity index (χ4n) is 2.55. The Kier molecular flexibility index (Phi) is 5.83. The predicted molar refractivity (Wildman–Crippen MR) is 106 cm³/mol. The molecule has 2 heterocycles. The van der Waals surface area contributed by atoms with E-state index < -0.39 is 0 Å². The Morgan fingerprint density at radius 1 is 1.20 bits per heavy atom. The Bertz CT molecular complexity index is 827. The number of ether oxygens (including phenoxy) is 1. The lowest BCUT2D eigenvalue weighted by atomic mass is 10.0. The number of thiophene rings is 1. The van der Waals surface area contributed by atoms with E-state index in [-0.39, 0.29) is 0 Å². The van der Waals surface area contributed by atoms with E-state index in [0.717, 1.165) is 42.2 Å². The lowest BCUT2D eigenvalue weighted by molar-refractivity contribution is 0.357. The summed E-state index contributed by atoms with van der Waals surface area (Å²) in [5.41, 5.74) is 4.81. The van der Waals surface area contributed by atoms with Crippen molar-refractivity contribution in [3.63, 3.8) is 0 Å². The number of likely N-dealkylation sites (N-methyl/N-ethyl adjacent to an activating group) is 1. The van der Waals surface area contributed by atoms with Gasteiger partial charge in [0.1, 0.15) is 5.75 Å². The van der Waals surface area contributed by atoms with E-state index in [9.17, 15) is 0 Å². The third-order valence-electron chi connectivity index (χ3n) is 4.32. The second kappa shape index (κ2) is 8.08. The normalized spacial score (nSPS) is 11.2. The molecule has 25 heavy (non-hydrogen) atoms. The van der Waals surface area contributed by atoms with E-state index >= 15 is 0 Å². The van der Waals surface area contributed by atoms with E-state index in [2.05, 4.69) is 54.2 Å². The largest absolute Gasteiger partial charge is 0.430 e. The topological polar surface area (TPSA) is 38.2 Å². The molecule has 0 N–H and O–H groups in total. The first kappa shape index (κ1) is 18.0. The zero-order chi connectivity index (χ0) is 17.8. The van der Waals surface area contributed by atoms with E-state index in [1.54, 1.807) is 11.3 Å². The zero-order valence-electron chi connectivity index (χ0n) is 15.1. The van der Waals surface area contributed by atoms with Gasteiger partial charge in [-0.2, -0.15) is 20.7 Å². The molecule has 6 heteroatoms. The molecule has 3 aromatic rings. The summed E-state index contributed by atoms with van der Waals surface area (Å²) in [5, 5.41) is 4.66. The fourth-order valence-corrected chi connectivity index (χ4v) is 3.75. The first-order valence-corrected chi connectivity index (χ1v) is 10.1. The average molecular weight is 374 g/mol. The van der Waals surface area contributed by atoms with Crippen LogP contribution in [0.3, 0.4) is 0 Å². The van der Waals surface area contributed by atoms with Crippen molar-refractivity contribution < 1.29 is 4.74 Å². The highest BCUT2D eigenvalue weighted by molar-refractivity contribution is 7.08. The molecule has 2 aromatic heterocycles. The number of nitrogens with zero attached hydrogens (tertiary/aromatic N) is 3. The molecule has 1 aromatic carbocycles. The van der Waals surface area contributed by atoms with Crippen molar-refractivity contribution in [2.24, 2.45) is 0 Å². The van der Waals surface area contributed by atoms with Crippen LogP contribution in [0.5, 0.6) is 10.9 Å². The average Bonchev–Trinajstić information content (AvgIpc) is 3.27. The summed E-state index contributed by atoms with van der Waals surface area (Å²) < 4.78 is 10.4. The van der Waals surface area contributed by atoms with Gasteiger partial charge >= 0.3 is 0 Å². The molecule has 132 valence electrons. The molecule has 3 rings (SSSR count). The highest BCUT2D eigenvalue weighted by Gasteiger charge is 2.12. The van der Waals surface area contributed by atoms with E-state index in [4.69, 9.17) is 4.74 Å². The summed E-state index contributed by atoms with van der Waals surface area (Å²) in [7, 11) is 2.15. The molecule has 0 atom stereocenters. The van der Waals surface area contributed by atoms with Crippen LogP contribution < -0.4 is 4.74 Å². The van der Waals surface area contributed by atoms with Gasteiger partial charge in [0, 0.05) is 29.0 Å². The summed E-state index contributed by atoms with van der Waals surface area (Å²) in [6.45, 7) is 8.55. The van der Waals surface area contributed by atoms with Gasteiger partial charge in [0.15, 0.2) is 5.82 Å². The molecule has 0 amide bonds. The molecule has 0 aliphatic rings. The summed E-state index contributed by atoms with van der Waals surface area (Å²) in [5.74, 6) is 1.59. The summed E-state index contributed by atoms with van der Waals surface area (Å²) >= 11 is 2.94. The predicted octanol–water partition coefficient (Wildman–Crippen LogP) is 5.17. The molecule has 4 nitrogen and oxygen atoms in total. The van der Waals surface area contributed by atoms with Crippen LogP contribution >= 0.6 is 22.9 Å². The Labute approximate surface area is 157 Å². The SMILES string of the molecule is CCN(C)CCc1cc(C)c(Oc2nc(-c3ccsc3)ns2)cc1C. The van der Waals surface area contributed by atoms with E-state index in [0.29, 0.717) is 5.19 Å². The zero-order valence-corrected chi connectivity index (χ0v) is 16.7. The van der Waals surface area contributed by atoms with Crippen LogP contribution in [0.1, 0.15) is 23.6 Å². The number of hydrogen-bond acceptors (Lipinski definition) is 6. The maximum Gasteiger partial charge on any atom is 0.299 e. The van der Waals surface area contributed by atoms with Gasteiger partial charge in [0.05, 0.1) is 0 Å². The minimum absolute atomic E-state index is 0.585. The monoisotopic (exact) mass is 373 g/mol. The Morgan fingerprint density at radius 2 is 2.04 bits per heavy atom. The highest BCUT2D eigenvalue weighted by atomic mass is 32.1. The van der Waals surface area contributed by atoms with Crippen molar-refractivity contribution in [1.29, 1.82) is 0 Å². The summed E-state index contributed by atoms with van der Waals surface area (Å²) in [6, 6.07) is 6.37. The van der Waals surface area contributed by atoms with Crippen LogP contribution in [0, 0.1) is 13.8 Å². The third kappa shape index (κ3) is 4.45. The first-order chi connectivity index (χ1) is 12.1. The Hall–Kier alpha value is -1.76. The molecule has 0 aliphatic heterocycles. The van der Waals surface area contributed by atoms with Crippen LogP contribution in [0.2, 0.25) is 0 Å². The van der Waals surface area contributed by atoms with Crippen molar-refractivity contribution in [1.82, 2.24) is 14.3 Å². The standard InChI is InChI=1S/C19H23N3OS2/c1-5-22(4)8-6-15-10-14(3)17(11-13(15)2)23-19-20-18(21-25-19)16-7-9-24-12-16/h7,9-12H,5-6,8H2,1-4H3. The molecular weight excluding hydrogens is 350 g/mol. The van der Waals surface area contributed by atoms with Crippen LogP contribution in [0.15, 0.2) is 29.0 Å². The molecular formula is C19H23N3OS2. The maximum absolute atomic E-state index is 6.01. The van der Waals surface area contributed by atoms with Gasteiger partial charge in [0.25, 0.3) is 5.19 Å². The van der Waals surface area contributed by atoms with Crippen LogP contribution in [0.25, 0.3) is 11.4 Å². The molecule has 0 aliphatic carbocycles. The quantitative estimate of drug-likeness (QED) is 0.573. The van der Waals surface area contributed by atoms with Gasteiger partial charge < -0.3 is 9.64 Å². The first-order valence-electron chi connectivity index (χ1n) is 8.39. The fraction of sp³-hybridized carbons (Fsp3) is 0.368. The molecule has 0 saturated heterocycles. The van der Waals surface area contributed by atoms with Crippen molar-refractivity contribution in [3.8, 4) is 22.3 Å². The number of benzene rings is 1. The molecule has 0 radical (unpaired) electrons. The van der Waals surface area contributed by atoms with Crippen LogP contribution in [0.4, 0.5) is 0 Å². The van der Waals surface area contributed by atoms with E-state index in [1.807, 2.05) is 16.8 Å². The van der Waals surface area contributed by atoms with Gasteiger partial charge in [-0.05, 0) is 68.1 Å². The third-order valence-corrected chi connectivity index (χ3v) is 5.60.